The smallest absolute Gasteiger partial charge is 0.141 e. The minimum absolute atomic E-state index is 0.946. The van der Waals surface area contributed by atoms with Crippen LogP contribution in [0.15, 0.2) is 66.5 Å². The summed E-state index contributed by atoms with van der Waals surface area (Å²) in [5.41, 5.74) is 6.31. The molecule has 3 aromatic rings. The Morgan fingerprint density at radius 2 is 2.04 bits per heavy atom. The lowest BCUT2D eigenvalue weighted by atomic mass is 10.0. The van der Waals surface area contributed by atoms with Crippen molar-refractivity contribution < 1.29 is 0 Å². The molecule has 1 aromatic carbocycles. The summed E-state index contributed by atoms with van der Waals surface area (Å²) in [6.45, 7) is 4.12. The van der Waals surface area contributed by atoms with Crippen LogP contribution < -0.4 is 4.90 Å². The van der Waals surface area contributed by atoms with Crippen molar-refractivity contribution >= 4 is 22.8 Å². The number of benzene rings is 1. The maximum absolute atomic E-state index is 4.49. The van der Waals surface area contributed by atoms with Gasteiger partial charge in [0.2, 0.25) is 0 Å². The monoisotopic (exact) mass is 329 g/mol. The number of anilines is 1. The highest BCUT2D eigenvalue weighted by Gasteiger charge is 2.16. The summed E-state index contributed by atoms with van der Waals surface area (Å²) in [6, 6.07) is 12.8. The standard InChI is InChI=1S/C22H23N3/c1-17-5-3-6-19(15-17)9-8-18-10-13-25(14-11-18)21-16-24(2)22-20(21)7-4-12-23-22/h3-10,12,15-16H,11,13-14H2,1-2H3/b9-8+. The third-order valence-corrected chi connectivity index (χ3v) is 4.83. The molecule has 3 heterocycles. The zero-order valence-corrected chi connectivity index (χ0v) is 14.8. The van der Waals surface area contributed by atoms with Crippen LogP contribution in [0.25, 0.3) is 17.1 Å². The van der Waals surface area contributed by atoms with Gasteiger partial charge in [0.15, 0.2) is 0 Å². The van der Waals surface area contributed by atoms with E-state index in [2.05, 4.69) is 83.2 Å². The highest BCUT2D eigenvalue weighted by Crippen LogP contribution is 2.29. The molecule has 25 heavy (non-hydrogen) atoms. The lowest BCUT2D eigenvalue weighted by Crippen LogP contribution is -2.28. The molecule has 0 fully saturated rings. The number of hydrogen-bond donors (Lipinski definition) is 0. The summed E-state index contributed by atoms with van der Waals surface area (Å²) >= 11 is 0. The predicted octanol–water partition coefficient (Wildman–Crippen LogP) is 4.73. The molecule has 0 aliphatic carbocycles. The van der Waals surface area contributed by atoms with Gasteiger partial charge in [-0.1, -0.05) is 48.1 Å². The van der Waals surface area contributed by atoms with E-state index in [0.29, 0.717) is 0 Å². The quantitative estimate of drug-likeness (QED) is 0.692. The molecule has 0 bridgehead atoms. The van der Waals surface area contributed by atoms with Crippen molar-refractivity contribution in [3.8, 4) is 0 Å². The SMILES string of the molecule is Cc1cccc(/C=C/C2=CCN(c3cn(C)c4ncccc34)CC2)c1. The molecule has 0 unspecified atom stereocenters. The topological polar surface area (TPSA) is 21.1 Å². The first-order valence-electron chi connectivity index (χ1n) is 8.79. The maximum Gasteiger partial charge on any atom is 0.141 e. The third kappa shape index (κ3) is 3.22. The predicted molar refractivity (Wildman–Crippen MR) is 106 cm³/mol. The second kappa shape index (κ2) is 6.60. The fourth-order valence-corrected chi connectivity index (χ4v) is 3.48. The lowest BCUT2D eigenvalue weighted by Gasteiger charge is -2.27. The molecule has 2 aromatic heterocycles. The van der Waals surface area contributed by atoms with Crippen LogP contribution in [-0.4, -0.2) is 22.6 Å². The number of pyridine rings is 1. The van der Waals surface area contributed by atoms with Gasteiger partial charge in [-0.3, -0.25) is 0 Å². The average Bonchev–Trinajstić information content (AvgIpc) is 2.98. The van der Waals surface area contributed by atoms with Crippen molar-refractivity contribution in [2.75, 3.05) is 18.0 Å². The normalized spacial score (nSPS) is 15.1. The second-order valence-corrected chi connectivity index (χ2v) is 6.72. The van der Waals surface area contributed by atoms with Gasteiger partial charge in [-0.05, 0) is 36.6 Å². The number of rotatable bonds is 3. The fraction of sp³-hybridized carbons (Fsp3) is 0.227. The van der Waals surface area contributed by atoms with E-state index in [1.807, 2.05) is 12.3 Å². The van der Waals surface area contributed by atoms with E-state index in [1.165, 1.54) is 27.8 Å². The summed E-state index contributed by atoms with van der Waals surface area (Å²) in [6.07, 6.45) is 11.9. The summed E-state index contributed by atoms with van der Waals surface area (Å²) < 4.78 is 2.11. The molecule has 1 aliphatic rings. The summed E-state index contributed by atoms with van der Waals surface area (Å²) in [4.78, 5) is 6.93. The molecule has 0 saturated heterocycles. The van der Waals surface area contributed by atoms with Crippen LogP contribution in [-0.2, 0) is 7.05 Å². The fourth-order valence-electron chi connectivity index (χ4n) is 3.48. The molecular weight excluding hydrogens is 306 g/mol. The first kappa shape index (κ1) is 15.7. The first-order chi connectivity index (χ1) is 12.2. The van der Waals surface area contributed by atoms with Crippen LogP contribution in [0.3, 0.4) is 0 Å². The van der Waals surface area contributed by atoms with E-state index < -0.39 is 0 Å². The van der Waals surface area contributed by atoms with Gasteiger partial charge in [0.25, 0.3) is 0 Å². The van der Waals surface area contributed by atoms with Crippen molar-refractivity contribution in [1.82, 2.24) is 9.55 Å². The molecule has 4 rings (SSSR count). The number of hydrogen-bond acceptors (Lipinski definition) is 2. The zero-order chi connectivity index (χ0) is 17.2. The molecule has 1 aliphatic heterocycles. The van der Waals surface area contributed by atoms with Crippen LogP contribution in [0.2, 0.25) is 0 Å². The Hall–Kier alpha value is -2.81. The lowest BCUT2D eigenvalue weighted by molar-refractivity contribution is 0.800. The molecule has 0 radical (unpaired) electrons. The number of allylic oxidation sites excluding steroid dienone is 1. The third-order valence-electron chi connectivity index (χ3n) is 4.83. The van der Waals surface area contributed by atoms with Crippen molar-refractivity contribution in [1.29, 1.82) is 0 Å². The van der Waals surface area contributed by atoms with Gasteiger partial charge >= 0.3 is 0 Å². The van der Waals surface area contributed by atoms with E-state index in [0.717, 1.165) is 25.2 Å². The Kier molecular flexibility index (Phi) is 4.14. The number of aromatic nitrogens is 2. The summed E-state index contributed by atoms with van der Waals surface area (Å²) in [7, 11) is 2.06. The van der Waals surface area contributed by atoms with Crippen molar-refractivity contribution in [2.45, 2.75) is 13.3 Å². The van der Waals surface area contributed by atoms with Crippen LogP contribution >= 0.6 is 0 Å². The van der Waals surface area contributed by atoms with Gasteiger partial charge in [0, 0.05) is 37.9 Å². The van der Waals surface area contributed by atoms with Crippen molar-refractivity contribution in [2.24, 2.45) is 7.05 Å². The Morgan fingerprint density at radius 3 is 2.84 bits per heavy atom. The largest absolute Gasteiger partial charge is 0.366 e. The molecule has 0 N–H and O–H groups in total. The minimum Gasteiger partial charge on any atom is -0.366 e. The summed E-state index contributed by atoms with van der Waals surface area (Å²) in [5.74, 6) is 0. The Bertz CT molecular complexity index is 962. The Labute approximate surface area is 148 Å². The van der Waals surface area contributed by atoms with E-state index in [9.17, 15) is 0 Å². The van der Waals surface area contributed by atoms with Gasteiger partial charge in [0.1, 0.15) is 5.65 Å². The molecule has 0 spiro atoms. The van der Waals surface area contributed by atoms with E-state index >= 15 is 0 Å². The van der Waals surface area contributed by atoms with Crippen LogP contribution in [0.5, 0.6) is 0 Å². The maximum atomic E-state index is 4.49. The van der Waals surface area contributed by atoms with Crippen LogP contribution in [0, 0.1) is 6.92 Å². The number of fused-ring (bicyclic) bond motifs is 1. The van der Waals surface area contributed by atoms with Gasteiger partial charge in [-0.2, -0.15) is 0 Å². The number of aryl methyl sites for hydroxylation is 2. The number of nitrogens with zero attached hydrogens (tertiary/aromatic N) is 3. The molecular formula is C22H23N3. The van der Waals surface area contributed by atoms with Gasteiger partial charge < -0.3 is 9.47 Å². The average molecular weight is 329 g/mol. The Balaban J connectivity index is 1.52. The van der Waals surface area contributed by atoms with Gasteiger partial charge in [-0.25, -0.2) is 4.98 Å². The zero-order valence-electron chi connectivity index (χ0n) is 14.8. The Morgan fingerprint density at radius 1 is 1.12 bits per heavy atom. The van der Waals surface area contributed by atoms with Crippen LogP contribution in [0.4, 0.5) is 5.69 Å². The molecule has 126 valence electrons. The molecule has 3 nitrogen and oxygen atoms in total. The highest BCUT2D eigenvalue weighted by atomic mass is 15.2. The van der Waals surface area contributed by atoms with Gasteiger partial charge in [-0.15, -0.1) is 0 Å². The van der Waals surface area contributed by atoms with Crippen LogP contribution in [0.1, 0.15) is 17.5 Å². The van der Waals surface area contributed by atoms with E-state index in [4.69, 9.17) is 0 Å². The van der Waals surface area contributed by atoms with Crippen molar-refractivity contribution in [3.63, 3.8) is 0 Å². The van der Waals surface area contributed by atoms with E-state index in [-0.39, 0.29) is 0 Å². The summed E-state index contributed by atoms with van der Waals surface area (Å²) in [5, 5.41) is 1.23. The molecule has 0 saturated carbocycles. The highest BCUT2D eigenvalue weighted by molar-refractivity contribution is 5.91. The van der Waals surface area contributed by atoms with Gasteiger partial charge in [0.05, 0.1) is 5.69 Å². The molecule has 0 atom stereocenters. The minimum atomic E-state index is 0.946. The molecule has 0 amide bonds. The first-order valence-corrected chi connectivity index (χ1v) is 8.79. The van der Waals surface area contributed by atoms with Crippen molar-refractivity contribution in [3.05, 3.63) is 77.6 Å². The second-order valence-electron chi connectivity index (χ2n) is 6.72. The molecule has 3 heteroatoms. The van der Waals surface area contributed by atoms with E-state index in [1.54, 1.807) is 0 Å².